The van der Waals surface area contributed by atoms with E-state index in [9.17, 15) is 18.8 Å². The number of carbonyl (C=O) groups is 3. The normalized spacial score (nSPS) is 18.7. The second-order valence-corrected chi connectivity index (χ2v) is 7.84. The number of aryl methyl sites for hydroxylation is 1. The molecule has 1 unspecified atom stereocenters. The summed E-state index contributed by atoms with van der Waals surface area (Å²) in [6.45, 7) is 3.37. The topological polar surface area (TPSA) is 69.7 Å². The van der Waals surface area contributed by atoms with Crippen molar-refractivity contribution in [2.45, 2.75) is 26.2 Å². The summed E-state index contributed by atoms with van der Waals surface area (Å²) < 4.78 is 14.1. The van der Waals surface area contributed by atoms with Crippen molar-refractivity contribution in [3.63, 3.8) is 0 Å². The van der Waals surface area contributed by atoms with E-state index in [0.29, 0.717) is 11.3 Å². The van der Waals surface area contributed by atoms with Crippen LogP contribution in [0.25, 0.3) is 0 Å². The second-order valence-electron chi connectivity index (χ2n) is 7.84. The molecular formula is C23H24FN3O3. The summed E-state index contributed by atoms with van der Waals surface area (Å²) in [5.41, 5.74) is 1.90. The third-order valence-electron chi connectivity index (χ3n) is 5.78. The van der Waals surface area contributed by atoms with Crippen molar-refractivity contribution >= 4 is 29.1 Å². The van der Waals surface area contributed by atoms with Gasteiger partial charge in [-0.05, 0) is 43.5 Å². The largest absolute Gasteiger partial charge is 0.339 e. The molecule has 0 radical (unpaired) electrons. The van der Waals surface area contributed by atoms with E-state index in [1.807, 2.05) is 13.0 Å². The summed E-state index contributed by atoms with van der Waals surface area (Å²) in [4.78, 5) is 41.4. The van der Waals surface area contributed by atoms with Gasteiger partial charge in [0, 0.05) is 26.1 Å². The van der Waals surface area contributed by atoms with Crippen LogP contribution in [0.2, 0.25) is 0 Å². The van der Waals surface area contributed by atoms with Gasteiger partial charge in [0.2, 0.25) is 11.8 Å². The molecule has 1 atom stereocenters. The molecule has 3 amide bonds. The monoisotopic (exact) mass is 409 g/mol. The molecule has 7 heteroatoms. The Morgan fingerprint density at radius 1 is 1.07 bits per heavy atom. The van der Waals surface area contributed by atoms with Crippen LogP contribution in [0.1, 0.15) is 35.2 Å². The fourth-order valence-corrected chi connectivity index (χ4v) is 4.11. The van der Waals surface area contributed by atoms with Crippen molar-refractivity contribution < 1.29 is 18.8 Å². The molecule has 2 aliphatic rings. The van der Waals surface area contributed by atoms with Crippen LogP contribution in [0.3, 0.4) is 0 Å². The molecule has 156 valence electrons. The minimum Gasteiger partial charge on any atom is -0.339 e. The lowest BCUT2D eigenvalue weighted by Gasteiger charge is -2.20. The predicted molar refractivity (Wildman–Crippen MR) is 112 cm³/mol. The first kappa shape index (κ1) is 20.1. The first-order chi connectivity index (χ1) is 14.5. The molecule has 4 rings (SSSR count). The highest BCUT2D eigenvalue weighted by Gasteiger charge is 2.36. The van der Waals surface area contributed by atoms with Crippen LogP contribution in [0.5, 0.6) is 0 Å². The number of likely N-dealkylation sites (tertiary alicyclic amines) is 1. The van der Waals surface area contributed by atoms with Crippen molar-refractivity contribution in [1.29, 1.82) is 0 Å². The molecule has 0 aromatic heterocycles. The van der Waals surface area contributed by atoms with E-state index in [-0.39, 0.29) is 36.4 Å². The van der Waals surface area contributed by atoms with Crippen molar-refractivity contribution in [2.24, 2.45) is 5.92 Å². The third kappa shape index (κ3) is 3.79. The number of rotatable bonds is 4. The van der Waals surface area contributed by atoms with Crippen LogP contribution in [0.15, 0.2) is 42.5 Å². The van der Waals surface area contributed by atoms with Gasteiger partial charge >= 0.3 is 0 Å². The number of halogens is 1. The second kappa shape index (κ2) is 8.26. The fourth-order valence-electron chi connectivity index (χ4n) is 4.11. The average molecular weight is 409 g/mol. The lowest BCUT2D eigenvalue weighted by Crippen LogP contribution is -2.31. The summed E-state index contributed by atoms with van der Waals surface area (Å²) in [7, 11) is 0. The maximum Gasteiger partial charge on any atom is 0.255 e. The number of carbonyl (C=O) groups excluding carboxylic acids is 3. The Balaban J connectivity index is 1.53. The predicted octanol–water partition coefficient (Wildman–Crippen LogP) is 3.36. The summed E-state index contributed by atoms with van der Waals surface area (Å²) in [6.07, 6.45) is 1.96. The highest BCUT2D eigenvalue weighted by molar-refractivity contribution is 6.07. The number of amides is 3. The van der Waals surface area contributed by atoms with Gasteiger partial charge in [0.25, 0.3) is 5.91 Å². The Labute approximate surface area is 174 Å². The van der Waals surface area contributed by atoms with Crippen LogP contribution >= 0.6 is 0 Å². The number of nitrogens with zero attached hydrogens (tertiary/aromatic N) is 2. The molecule has 0 bridgehead atoms. The minimum atomic E-state index is -0.619. The van der Waals surface area contributed by atoms with Crippen LogP contribution < -0.4 is 10.2 Å². The molecule has 2 aromatic rings. The van der Waals surface area contributed by atoms with Crippen molar-refractivity contribution in [1.82, 2.24) is 4.90 Å². The molecule has 0 aliphatic carbocycles. The number of para-hydroxylation sites is 2. The Bertz CT molecular complexity index is 1000. The van der Waals surface area contributed by atoms with E-state index >= 15 is 0 Å². The fraction of sp³-hybridized carbons (Fsp3) is 0.348. The standard InChI is InChI=1S/C23H24FN3O3/c1-15-7-6-8-17(23(30)26-11-4-5-12-26)21(15)25-22(29)16-13-20(28)27(14-16)19-10-3-2-9-18(19)24/h2-3,6-10,16H,4-5,11-14H2,1H3,(H,25,29). The molecule has 2 fully saturated rings. The molecule has 30 heavy (non-hydrogen) atoms. The molecule has 6 nitrogen and oxygen atoms in total. The van der Waals surface area contributed by atoms with Crippen molar-refractivity contribution in [3.05, 3.63) is 59.4 Å². The van der Waals surface area contributed by atoms with Crippen LogP contribution in [-0.2, 0) is 9.59 Å². The van der Waals surface area contributed by atoms with Gasteiger partial charge in [-0.15, -0.1) is 0 Å². The van der Waals surface area contributed by atoms with Gasteiger partial charge in [-0.3, -0.25) is 14.4 Å². The van der Waals surface area contributed by atoms with E-state index in [0.717, 1.165) is 31.5 Å². The van der Waals surface area contributed by atoms with E-state index in [1.54, 1.807) is 29.2 Å². The van der Waals surface area contributed by atoms with Gasteiger partial charge in [-0.2, -0.15) is 0 Å². The van der Waals surface area contributed by atoms with Gasteiger partial charge in [0.05, 0.1) is 22.9 Å². The van der Waals surface area contributed by atoms with E-state index in [1.165, 1.54) is 17.0 Å². The Kier molecular flexibility index (Phi) is 5.53. The minimum absolute atomic E-state index is 0.00144. The molecule has 2 aliphatic heterocycles. The van der Waals surface area contributed by atoms with Crippen LogP contribution in [0.4, 0.5) is 15.8 Å². The summed E-state index contributed by atoms with van der Waals surface area (Å²) in [5.74, 6) is -1.84. The van der Waals surface area contributed by atoms with E-state index in [4.69, 9.17) is 0 Å². The number of nitrogens with one attached hydrogen (secondary N) is 1. The first-order valence-corrected chi connectivity index (χ1v) is 10.2. The maximum atomic E-state index is 14.1. The van der Waals surface area contributed by atoms with Gasteiger partial charge < -0.3 is 15.1 Å². The number of anilines is 2. The zero-order chi connectivity index (χ0) is 21.3. The summed E-state index contributed by atoms with van der Waals surface area (Å²) in [6, 6.07) is 11.4. The highest BCUT2D eigenvalue weighted by Crippen LogP contribution is 2.29. The Morgan fingerprint density at radius 2 is 1.80 bits per heavy atom. The average Bonchev–Trinajstić information content (AvgIpc) is 3.39. The smallest absolute Gasteiger partial charge is 0.255 e. The maximum absolute atomic E-state index is 14.1. The van der Waals surface area contributed by atoms with Gasteiger partial charge in [0.15, 0.2) is 0 Å². The van der Waals surface area contributed by atoms with Crippen molar-refractivity contribution in [3.8, 4) is 0 Å². The molecular weight excluding hydrogens is 385 g/mol. The lowest BCUT2D eigenvalue weighted by atomic mass is 10.0. The summed E-state index contributed by atoms with van der Waals surface area (Å²) >= 11 is 0. The zero-order valence-electron chi connectivity index (χ0n) is 16.9. The molecule has 2 saturated heterocycles. The Hall–Kier alpha value is -3.22. The third-order valence-corrected chi connectivity index (χ3v) is 5.78. The van der Waals surface area contributed by atoms with Gasteiger partial charge in [-0.25, -0.2) is 4.39 Å². The van der Waals surface area contributed by atoms with Gasteiger partial charge in [0.1, 0.15) is 5.82 Å². The number of hydrogen-bond acceptors (Lipinski definition) is 3. The molecule has 1 N–H and O–H groups in total. The van der Waals surface area contributed by atoms with Crippen molar-refractivity contribution in [2.75, 3.05) is 29.9 Å². The van der Waals surface area contributed by atoms with E-state index in [2.05, 4.69) is 5.32 Å². The molecule has 2 aromatic carbocycles. The molecule has 0 spiro atoms. The molecule has 0 saturated carbocycles. The van der Waals surface area contributed by atoms with E-state index < -0.39 is 11.7 Å². The molecule has 2 heterocycles. The highest BCUT2D eigenvalue weighted by atomic mass is 19.1. The summed E-state index contributed by atoms with van der Waals surface area (Å²) in [5, 5.41) is 2.87. The van der Waals surface area contributed by atoms with Gasteiger partial charge in [-0.1, -0.05) is 24.3 Å². The Morgan fingerprint density at radius 3 is 2.53 bits per heavy atom. The number of hydrogen-bond donors (Lipinski definition) is 1. The first-order valence-electron chi connectivity index (χ1n) is 10.2. The zero-order valence-corrected chi connectivity index (χ0v) is 16.9. The number of benzene rings is 2. The van der Waals surface area contributed by atoms with Crippen LogP contribution in [0, 0.1) is 18.7 Å². The quantitative estimate of drug-likeness (QED) is 0.842. The lowest BCUT2D eigenvalue weighted by molar-refractivity contribution is -0.122. The SMILES string of the molecule is Cc1cccc(C(=O)N2CCCC2)c1NC(=O)C1CC(=O)N(c2ccccc2F)C1. The van der Waals surface area contributed by atoms with Crippen LogP contribution in [-0.4, -0.2) is 42.3 Å².